The number of pyridine rings is 1. The highest BCUT2D eigenvalue weighted by molar-refractivity contribution is 5.08. The van der Waals surface area contributed by atoms with Crippen LogP contribution in [-0.4, -0.2) is 34.6 Å². The SMILES string of the molecule is CC1CCN(CC(C)C(O)c2ccc(F)cn2)C1. The van der Waals surface area contributed by atoms with Gasteiger partial charge in [-0.3, -0.25) is 4.98 Å². The predicted molar refractivity (Wildman–Crippen MR) is 68.5 cm³/mol. The van der Waals surface area contributed by atoms with Gasteiger partial charge in [0.05, 0.1) is 18.0 Å². The van der Waals surface area contributed by atoms with Gasteiger partial charge in [0.15, 0.2) is 0 Å². The minimum absolute atomic E-state index is 0.105. The Morgan fingerprint density at radius 3 is 2.89 bits per heavy atom. The molecule has 2 rings (SSSR count). The molecule has 0 aromatic carbocycles. The maximum atomic E-state index is 12.8. The van der Waals surface area contributed by atoms with E-state index in [1.54, 1.807) is 6.07 Å². The summed E-state index contributed by atoms with van der Waals surface area (Å²) in [7, 11) is 0. The van der Waals surface area contributed by atoms with Gasteiger partial charge in [0.1, 0.15) is 5.82 Å². The van der Waals surface area contributed by atoms with Gasteiger partial charge in [-0.05, 0) is 31.0 Å². The first-order chi connectivity index (χ1) is 8.56. The summed E-state index contributed by atoms with van der Waals surface area (Å²) < 4.78 is 12.8. The molecule has 1 fully saturated rings. The van der Waals surface area contributed by atoms with Gasteiger partial charge < -0.3 is 10.0 Å². The van der Waals surface area contributed by atoms with Crippen molar-refractivity contribution in [2.24, 2.45) is 11.8 Å². The summed E-state index contributed by atoms with van der Waals surface area (Å²) in [5.41, 5.74) is 0.552. The van der Waals surface area contributed by atoms with E-state index in [-0.39, 0.29) is 11.7 Å². The van der Waals surface area contributed by atoms with Crippen molar-refractivity contribution < 1.29 is 9.50 Å². The third-order valence-corrected chi connectivity index (χ3v) is 3.65. The fourth-order valence-corrected chi connectivity index (χ4v) is 2.55. The first-order valence-electron chi connectivity index (χ1n) is 6.58. The molecule has 0 aliphatic carbocycles. The molecule has 1 aromatic rings. The van der Waals surface area contributed by atoms with Crippen LogP contribution in [0.5, 0.6) is 0 Å². The third-order valence-electron chi connectivity index (χ3n) is 3.65. The fraction of sp³-hybridized carbons (Fsp3) is 0.643. The van der Waals surface area contributed by atoms with E-state index in [0.29, 0.717) is 5.69 Å². The van der Waals surface area contributed by atoms with Crippen molar-refractivity contribution in [3.05, 3.63) is 29.8 Å². The normalized spacial score (nSPS) is 24.1. The zero-order valence-corrected chi connectivity index (χ0v) is 11.0. The summed E-state index contributed by atoms with van der Waals surface area (Å²) in [5, 5.41) is 10.2. The number of aliphatic hydroxyl groups is 1. The number of aliphatic hydroxyl groups excluding tert-OH is 1. The molecule has 100 valence electrons. The Bertz CT molecular complexity index is 382. The second-order valence-corrected chi connectivity index (χ2v) is 5.48. The van der Waals surface area contributed by atoms with Gasteiger partial charge in [0, 0.05) is 19.0 Å². The molecule has 18 heavy (non-hydrogen) atoms. The molecule has 3 nitrogen and oxygen atoms in total. The summed E-state index contributed by atoms with van der Waals surface area (Å²) >= 11 is 0. The van der Waals surface area contributed by atoms with Gasteiger partial charge in [-0.2, -0.15) is 0 Å². The number of hydrogen-bond donors (Lipinski definition) is 1. The second-order valence-electron chi connectivity index (χ2n) is 5.48. The summed E-state index contributed by atoms with van der Waals surface area (Å²) in [6.45, 7) is 7.34. The van der Waals surface area contributed by atoms with Crippen molar-refractivity contribution in [3.8, 4) is 0 Å². The van der Waals surface area contributed by atoms with Crippen molar-refractivity contribution in [2.45, 2.75) is 26.4 Å². The molecule has 1 aliphatic rings. The summed E-state index contributed by atoms with van der Waals surface area (Å²) in [5.74, 6) is 0.485. The quantitative estimate of drug-likeness (QED) is 0.892. The largest absolute Gasteiger partial charge is 0.386 e. The van der Waals surface area contributed by atoms with Crippen LogP contribution in [0.1, 0.15) is 32.1 Å². The standard InChI is InChI=1S/C14H21FN2O/c1-10-5-6-17(8-10)9-11(2)14(18)13-4-3-12(15)7-16-13/h3-4,7,10-11,14,18H,5-6,8-9H2,1-2H3. The number of halogens is 1. The smallest absolute Gasteiger partial charge is 0.141 e. The van der Waals surface area contributed by atoms with Crippen molar-refractivity contribution in [3.63, 3.8) is 0 Å². The van der Waals surface area contributed by atoms with Crippen molar-refractivity contribution >= 4 is 0 Å². The minimum atomic E-state index is -0.624. The lowest BCUT2D eigenvalue weighted by molar-refractivity contribution is 0.0901. The topological polar surface area (TPSA) is 36.4 Å². The highest BCUT2D eigenvalue weighted by Gasteiger charge is 2.24. The Kier molecular flexibility index (Phi) is 4.30. The number of aromatic nitrogens is 1. The van der Waals surface area contributed by atoms with E-state index >= 15 is 0 Å². The van der Waals surface area contributed by atoms with Crippen LogP contribution in [0.4, 0.5) is 4.39 Å². The molecule has 0 amide bonds. The van der Waals surface area contributed by atoms with E-state index in [9.17, 15) is 9.50 Å². The molecule has 0 spiro atoms. The maximum Gasteiger partial charge on any atom is 0.141 e. The van der Waals surface area contributed by atoms with Crippen LogP contribution in [0.25, 0.3) is 0 Å². The Morgan fingerprint density at radius 1 is 1.56 bits per heavy atom. The lowest BCUT2D eigenvalue weighted by Crippen LogP contribution is -2.29. The zero-order valence-electron chi connectivity index (χ0n) is 11.0. The zero-order chi connectivity index (χ0) is 13.1. The van der Waals surface area contributed by atoms with Crippen LogP contribution in [0.15, 0.2) is 18.3 Å². The fourth-order valence-electron chi connectivity index (χ4n) is 2.55. The monoisotopic (exact) mass is 252 g/mol. The Labute approximate surface area is 108 Å². The Hall–Kier alpha value is -1.00. The molecule has 0 bridgehead atoms. The van der Waals surface area contributed by atoms with Crippen LogP contribution in [0.2, 0.25) is 0 Å². The minimum Gasteiger partial charge on any atom is -0.386 e. The van der Waals surface area contributed by atoms with Crippen molar-refractivity contribution in [1.29, 1.82) is 0 Å². The molecule has 4 heteroatoms. The summed E-state index contributed by atoms with van der Waals surface area (Å²) in [6.07, 6.45) is 1.77. The highest BCUT2D eigenvalue weighted by atomic mass is 19.1. The van der Waals surface area contributed by atoms with Crippen molar-refractivity contribution in [2.75, 3.05) is 19.6 Å². The Morgan fingerprint density at radius 2 is 2.33 bits per heavy atom. The number of rotatable bonds is 4. The molecule has 1 aromatic heterocycles. The first kappa shape index (κ1) is 13.4. The average Bonchev–Trinajstić information content (AvgIpc) is 2.75. The highest BCUT2D eigenvalue weighted by Crippen LogP contribution is 2.23. The maximum absolute atomic E-state index is 12.8. The molecule has 1 N–H and O–H groups in total. The van der Waals surface area contributed by atoms with Crippen LogP contribution in [-0.2, 0) is 0 Å². The molecular weight excluding hydrogens is 231 g/mol. The molecule has 3 unspecified atom stereocenters. The molecule has 0 radical (unpaired) electrons. The van der Waals surface area contributed by atoms with Gasteiger partial charge in [0.25, 0.3) is 0 Å². The van der Waals surface area contributed by atoms with Gasteiger partial charge >= 0.3 is 0 Å². The molecule has 1 saturated heterocycles. The lowest BCUT2D eigenvalue weighted by atomic mass is 10.0. The predicted octanol–water partition coefficient (Wildman–Crippen LogP) is 2.23. The molecule has 2 heterocycles. The molecular formula is C14H21FN2O. The number of likely N-dealkylation sites (tertiary alicyclic amines) is 1. The van der Waals surface area contributed by atoms with Gasteiger partial charge in [-0.1, -0.05) is 13.8 Å². The van der Waals surface area contributed by atoms with Gasteiger partial charge in [-0.25, -0.2) is 4.39 Å². The van der Waals surface area contributed by atoms with E-state index in [0.717, 1.165) is 31.7 Å². The Balaban J connectivity index is 1.92. The summed E-state index contributed by atoms with van der Waals surface area (Å²) in [6, 6.07) is 2.90. The van der Waals surface area contributed by atoms with Gasteiger partial charge in [0.2, 0.25) is 0 Å². The lowest BCUT2D eigenvalue weighted by Gasteiger charge is -2.24. The number of nitrogens with zero attached hydrogens (tertiary/aromatic N) is 2. The number of hydrogen-bond acceptors (Lipinski definition) is 3. The second kappa shape index (κ2) is 5.76. The van der Waals surface area contributed by atoms with Crippen LogP contribution < -0.4 is 0 Å². The van der Waals surface area contributed by atoms with Crippen LogP contribution in [0.3, 0.4) is 0 Å². The first-order valence-corrected chi connectivity index (χ1v) is 6.58. The average molecular weight is 252 g/mol. The third kappa shape index (κ3) is 3.27. The molecule has 3 atom stereocenters. The molecule has 0 saturated carbocycles. The van der Waals surface area contributed by atoms with Crippen LogP contribution >= 0.6 is 0 Å². The van der Waals surface area contributed by atoms with Gasteiger partial charge in [-0.15, -0.1) is 0 Å². The van der Waals surface area contributed by atoms with Crippen molar-refractivity contribution in [1.82, 2.24) is 9.88 Å². The van der Waals surface area contributed by atoms with E-state index < -0.39 is 6.10 Å². The van der Waals surface area contributed by atoms with E-state index in [1.165, 1.54) is 12.5 Å². The van der Waals surface area contributed by atoms with Crippen LogP contribution in [0, 0.1) is 17.7 Å². The van der Waals surface area contributed by atoms with E-state index in [2.05, 4.69) is 16.8 Å². The molecule has 1 aliphatic heterocycles. The summed E-state index contributed by atoms with van der Waals surface area (Å²) in [4.78, 5) is 6.32. The van der Waals surface area contributed by atoms with E-state index in [4.69, 9.17) is 0 Å². The van der Waals surface area contributed by atoms with E-state index in [1.807, 2.05) is 6.92 Å².